The maximum absolute atomic E-state index is 5.60. The van der Waals surface area contributed by atoms with E-state index in [2.05, 4.69) is 4.98 Å². The third kappa shape index (κ3) is 1.10. The molecule has 1 unspecified atom stereocenters. The van der Waals surface area contributed by atoms with Crippen LogP contribution < -0.4 is 5.73 Å². The van der Waals surface area contributed by atoms with E-state index in [0.29, 0.717) is 0 Å². The van der Waals surface area contributed by atoms with Crippen molar-refractivity contribution in [2.45, 2.75) is 13.0 Å². The van der Waals surface area contributed by atoms with Gasteiger partial charge in [0.25, 0.3) is 0 Å². The van der Waals surface area contributed by atoms with Gasteiger partial charge in [-0.2, -0.15) is 0 Å². The SMILES string of the molecule is CC(N)c1cncn1C. The maximum atomic E-state index is 5.60. The summed E-state index contributed by atoms with van der Waals surface area (Å²) in [4.78, 5) is 3.93. The maximum Gasteiger partial charge on any atom is 0.0946 e. The van der Waals surface area contributed by atoms with E-state index < -0.39 is 0 Å². The zero-order chi connectivity index (χ0) is 6.85. The van der Waals surface area contributed by atoms with Gasteiger partial charge >= 0.3 is 0 Å². The van der Waals surface area contributed by atoms with E-state index in [1.54, 1.807) is 12.5 Å². The molecule has 0 fully saturated rings. The predicted molar refractivity (Wildman–Crippen MR) is 35.8 cm³/mol. The van der Waals surface area contributed by atoms with Crippen LogP contribution in [-0.2, 0) is 7.05 Å². The Morgan fingerprint density at radius 3 is 2.67 bits per heavy atom. The molecule has 0 aliphatic rings. The van der Waals surface area contributed by atoms with E-state index >= 15 is 0 Å². The summed E-state index contributed by atoms with van der Waals surface area (Å²) >= 11 is 0. The molecular weight excluding hydrogens is 114 g/mol. The lowest BCUT2D eigenvalue weighted by molar-refractivity contribution is 0.715. The molecule has 50 valence electrons. The molecular formula is C6H11N3. The molecule has 2 N–H and O–H groups in total. The molecule has 0 aliphatic carbocycles. The standard InChI is InChI=1S/C6H11N3/c1-5(7)6-3-8-4-9(6)2/h3-5H,7H2,1-2H3. The van der Waals surface area contributed by atoms with Crippen molar-refractivity contribution in [3.63, 3.8) is 0 Å². The first-order valence-corrected chi connectivity index (χ1v) is 2.93. The van der Waals surface area contributed by atoms with Crippen molar-refractivity contribution in [2.75, 3.05) is 0 Å². The lowest BCUT2D eigenvalue weighted by Gasteiger charge is -2.03. The summed E-state index contributed by atoms with van der Waals surface area (Å²) in [5.41, 5.74) is 6.66. The molecule has 3 nitrogen and oxygen atoms in total. The highest BCUT2D eigenvalue weighted by atomic mass is 15.0. The van der Waals surface area contributed by atoms with Crippen molar-refractivity contribution < 1.29 is 0 Å². The molecule has 3 heteroatoms. The van der Waals surface area contributed by atoms with Crippen LogP contribution >= 0.6 is 0 Å². The Balaban J connectivity index is 2.94. The van der Waals surface area contributed by atoms with Crippen molar-refractivity contribution in [1.29, 1.82) is 0 Å². The van der Waals surface area contributed by atoms with E-state index in [-0.39, 0.29) is 6.04 Å². The van der Waals surface area contributed by atoms with Gasteiger partial charge in [0, 0.05) is 19.3 Å². The molecule has 0 aromatic carbocycles. The quantitative estimate of drug-likeness (QED) is 0.591. The van der Waals surface area contributed by atoms with Gasteiger partial charge in [-0.05, 0) is 6.92 Å². The second kappa shape index (κ2) is 2.19. The second-order valence-electron chi connectivity index (χ2n) is 2.22. The first kappa shape index (κ1) is 6.29. The molecule has 0 aliphatic heterocycles. The van der Waals surface area contributed by atoms with Gasteiger partial charge in [0.2, 0.25) is 0 Å². The Bertz CT molecular complexity index is 190. The molecule has 1 atom stereocenters. The summed E-state index contributed by atoms with van der Waals surface area (Å²) < 4.78 is 1.92. The number of aromatic nitrogens is 2. The number of nitrogens with two attached hydrogens (primary N) is 1. The molecule has 1 heterocycles. The van der Waals surface area contributed by atoms with Gasteiger partial charge in [-0.25, -0.2) is 4.98 Å². The van der Waals surface area contributed by atoms with Crippen molar-refractivity contribution in [3.05, 3.63) is 18.2 Å². The molecule has 0 bridgehead atoms. The molecule has 1 rings (SSSR count). The van der Waals surface area contributed by atoms with Crippen LogP contribution in [0, 0.1) is 0 Å². The number of hydrogen-bond acceptors (Lipinski definition) is 2. The summed E-state index contributed by atoms with van der Waals surface area (Å²) in [5.74, 6) is 0. The fraction of sp³-hybridized carbons (Fsp3) is 0.500. The van der Waals surface area contributed by atoms with Gasteiger partial charge in [0.1, 0.15) is 0 Å². The molecule has 9 heavy (non-hydrogen) atoms. The lowest BCUT2D eigenvalue weighted by Crippen LogP contribution is -2.08. The van der Waals surface area contributed by atoms with Gasteiger partial charge < -0.3 is 10.3 Å². The average Bonchev–Trinajstić information content (AvgIpc) is 2.13. The zero-order valence-electron chi connectivity index (χ0n) is 5.70. The zero-order valence-corrected chi connectivity index (χ0v) is 5.70. The first-order chi connectivity index (χ1) is 4.22. The lowest BCUT2D eigenvalue weighted by atomic mass is 10.3. The Morgan fingerprint density at radius 2 is 2.44 bits per heavy atom. The van der Waals surface area contributed by atoms with Gasteiger partial charge in [0.05, 0.1) is 12.0 Å². The Kier molecular flexibility index (Phi) is 1.53. The van der Waals surface area contributed by atoms with E-state index in [1.165, 1.54) is 0 Å². The second-order valence-corrected chi connectivity index (χ2v) is 2.22. The Hall–Kier alpha value is -0.830. The van der Waals surface area contributed by atoms with Crippen molar-refractivity contribution >= 4 is 0 Å². The first-order valence-electron chi connectivity index (χ1n) is 2.93. The number of imidazole rings is 1. The van der Waals surface area contributed by atoms with Crippen LogP contribution in [0.1, 0.15) is 18.7 Å². The number of nitrogens with zero attached hydrogens (tertiary/aromatic N) is 2. The Morgan fingerprint density at radius 1 is 1.78 bits per heavy atom. The van der Waals surface area contributed by atoms with Gasteiger partial charge in [0.15, 0.2) is 0 Å². The molecule has 1 aromatic heterocycles. The van der Waals surface area contributed by atoms with Gasteiger partial charge in [-0.1, -0.05) is 0 Å². The highest BCUT2D eigenvalue weighted by Gasteiger charge is 2.01. The predicted octanol–water partition coefficient (Wildman–Crippen LogP) is 0.440. The van der Waals surface area contributed by atoms with E-state index in [1.807, 2.05) is 18.5 Å². The number of aryl methyl sites for hydroxylation is 1. The number of hydrogen-bond donors (Lipinski definition) is 1. The van der Waals surface area contributed by atoms with Crippen molar-refractivity contribution in [3.8, 4) is 0 Å². The molecule has 0 radical (unpaired) electrons. The van der Waals surface area contributed by atoms with Crippen LogP contribution in [0.4, 0.5) is 0 Å². The summed E-state index contributed by atoms with van der Waals surface area (Å²) in [6.45, 7) is 1.94. The van der Waals surface area contributed by atoms with Crippen LogP contribution in [0.25, 0.3) is 0 Å². The molecule has 0 spiro atoms. The van der Waals surface area contributed by atoms with Crippen molar-refractivity contribution in [1.82, 2.24) is 9.55 Å². The van der Waals surface area contributed by atoms with E-state index in [9.17, 15) is 0 Å². The smallest absolute Gasteiger partial charge is 0.0946 e. The summed E-state index contributed by atoms with van der Waals surface area (Å²) in [6, 6.07) is 0.0810. The normalized spacial score (nSPS) is 13.7. The summed E-state index contributed by atoms with van der Waals surface area (Å²) in [5, 5.41) is 0. The average molecular weight is 125 g/mol. The van der Waals surface area contributed by atoms with Crippen LogP contribution in [0.5, 0.6) is 0 Å². The minimum atomic E-state index is 0.0810. The third-order valence-electron chi connectivity index (χ3n) is 1.32. The van der Waals surface area contributed by atoms with Crippen LogP contribution in [-0.4, -0.2) is 9.55 Å². The largest absolute Gasteiger partial charge is 0.336 e. The summed E-state index contributed by atoms with van der Waals surface area (Å²) in [6.07, 6.45) is 3.53. The molecule has 0 amide bonds. The van der Waals surface area contributed by atoms with Crippen LogP contribution in [0.3, 0.4) is 0 Å². The molecule has 0 saturated carbocycles. The van der Waals surface area contributed by atoms with E-state index in [4.69, 9.17) is 5.73 Å². The highest BCUT2D eigenvalue weighted by Crippen LogP contribution is 2.05. The van der Waals surface area contributed by atoms with Crippen LogP contribution in [0.15, 0.2) is 12.5 Å². The number of rotatable bonds is 1. The molecule has 1 aromatic rings. The fourth-order valence-electron chi connectivity index (χ4n) is 0.806. The third-order valence-corrected chi connectivity index (χ3v) is 1.32. The van der Waals surface area contributed by atoms with Gasteiger partial charge in [-0.3, -0.25) is 0 Å². The minimum absolute atomic E-state index is 0.0810. The van der Waals surface area contributed by atoms with E-state index in [0.717, 1.165) is 5.69 Å². The highest BCUT2D eigenvalue weighted by molar-refractivity contribution is 5.01. The van der Waals surface area contributed by atoms with Crippen LogP contribution in [0.2, 0.25) is 0 Å². The summed E-state index contributed by atoms with van der Waals surface area (Å²) in [7, 11) is 1.94. The monoisotopic (exact) mass is 125 g/mol. The fourth-order valence-corrected chi connectivity index (χ4v) is 0.806. The Labute approximate surface area is 54.5 Å². The minimum Gasteiger partial charge on any atom is -0.336 e. The topological polar surface area (TPSA) is 43.8 Å². The van der Waals surface area contributed by atoms with Gasteiger partial charge in [-0.15, -0.1) is 0 Å². The molecule has 0 saturated heterocycles. The van der Waals surface area contributed by atoms with Crippen molar-refractivity contribution in [2.24, 2.45) is 12.8 Å².